The first kappa shape index (κ1) is 12.2. The van der Waals surface area contributed by atoms with E-state index in [1.807, 2.05) is 7.05 Å². The van der Waals surface area contributed by atoms with Crippen LogP contribution in [0, 0.1) is 0 Å². The fourth-order valence-corrected chi connectivity index (χ4v) is 1.15. The van der Waals surface area contributed by atoms with Gasteiger partial charge in [0.2, 0.25) is 5.91 Å². The van der Waals surface area contributed by atoms with E-state index in [2.05, 4.69) is 15.0 Å². The van der Waals surface area contributed by atoms with E-state index in [-0.39, 0.29) is 18.9 Å². The molecule has 0 atom stereocenters. The van der Waals surface area contributed by atoms with Crippen molar-refractivity contribution in [1.82, 2.24) is 14.9 Å². The van der Waals surface area contributed by atoms with Crippen LogP contribution >= 0.6 is 0 Å². The van der Waals surface area contributed by atoms with Crippen LogP contribution in [0.5, 0.6) is 0 Å². The Balaban J connectivity index is 2.31. The number of carbonyl (C=O) groups excluding carboxylic acids is 2. The molecule has 0 aliphatic carbocycles. The van der Waals surface area contributed by atoms with Gasteiger partial charge in [0.05, 0.1) is 13.2 Å². The van der Waals surface area contributed by atoms with Crippen LogP contribution in [-0.2, 0) is 27.9 Å². The third-order valence-electron chi connectivity index (χ3n) is 1.97. The third-order valence-corrected chi connectivity index (χ3v) is 1.97. The summed E-state index contributed by atoms with van der Waals surface area (Å²) in [6.45, 7) is 2.29. The van der Waals surface area contributed by atoms with E-state index >= 15 is 0 Å². The third kappa shape index (κ3) is 3.72. The van der Waals surface area contributed by atoms with Crippen molar-refractivity contribution in [2.75, 3.05) is 6.61 Å². The van der Waals surface area contributed by atoms with Crippen molar-refractivity contribution in [2.24, 2.45) is 7.05 Å². The molecular weight excluding hydrogens is 210 g/mol. The van der Waals surface area contributed by atoms with Gasteiger partial charge in [-0.1, -0.05) is 0 Å². The van der Waals surface area contributed by atoms with E-state index in [0.29, 0.717) is 6.54 Å². The zero-order valence-electron chi connectivity index (χ0n) is 9.40. The van der Waals surface area contributed by atoms with Crippen LogP contribution < -0.4 is 5.32 Å². The largest absolute Gasteiger partial charge is 0.466 e. The number of hydrogen-bond acceptors (Lipinski definition) is 4. The van der Waals surface area contributed by atoms with Crippen LogP contribution in [0.15, 0.2) is 12.4 Å². The summed E-state index contributed by atoms with van der Waals surface area (Å²) in [6, 6.07) is 0. The van der Waals surface area contributed by atoms with Gasteiger partial charge in [-0.3, -0.25) is 9.59 Å². The molecule has 16 heavy (non-hydrogen) atoms. The maximum atomic E-state index is 11.3. The zero-order chi connectivity index (χ0) is 12.0. The van der Waals surface area contributed by atoms with Gasteiger partial charge in [0, 0.05) is 19.4 Å². The minimum atomic E-state index is -0.514. The van der Waals surface area contributed by atoms with Crippen molar-refractivity contribution >= 4 is 11.9 Å². The quantitative estimate of drug-likeness (QED) is 0.565. The molecule has 0 aliphatic rings. The first-order valence-corrected chi connectivity index (χ1v) is 5.02. The lowest BCUT2D eigenvalue weighted by atomic mass is 10.4. The molecular formula is C10H15N3O3. The number of aryl methyl sites for hydroxylation is 1. The number of carbonyl (C=O) groups is 2. The van der Waals surface area contributed by atoms with Gasteiger partial charge in [0.15, 0.2) is 0 Å². The number of nitrogens with zero attached hydrogens (tertiary/aromatic N) is 2. The fourth-order valence-electron chi connectivity index (χ4n) is 1.15. The van der Waals surface area contributed by atoms with Gasteiger partial charge in [-0.05, 0) is 6.92 Å². The Morgan fingerprint density at radius 2 is 2.31 bits per heavy atom. The molecule has 88 valence electrons. The van der Waals surface area contributed by atoms with Gasteiger partial charge in [-0.25, -0.2) is 4.98 Å². The topological polar surface area (TPSA) is 73.2 Å². The highest BCUT2D eigenvalue weighted by atomic mass is 16.5. The predicted molar refractivity (Wildman–Crippen MR) is 56.3 cm³/mol. The summed E-state index contributed by atoms with van der Waals surface area (Å²) < 4.78 is 6.45. The van der Waals surface area contributed by atoms with E-state index in [4.69, 9.17) is 0 Å². The highest BCUT2D eigenvalue weighted by Crippen LogP contribution is 1.94. The molecule has 1 rings (SSSR count). The Kier molecular flexibility index (Phi) is 4.50. The number of nitrogens with one attached hydrogen (secondary N) is 1. The van der Waals surface area contributed by atoms with E-state index < -0.39 is 5.97 Å². The molecule has 1 aromatic heterocycles. The van der Waals surface area contributed by atoms with E-state index in [9.17, 15) is 9.59 Å². The maximum absolute atomic E-state index is 11.3. The molecule has 0 aliphatic heterocycles. The Hall–Kier alpha value is -1.85. The van der Waals surface area contributed by atoms with Gasteiger partial charge in [0.1, 0.15) is 12.2 Å². The number of rotatable bonds is 5. The van der Waals surface area contributed by atoms with Crippen molar-refractivity contribution in [3.05, 3.63) is 18.2 Å². The molecule has 0 radical (unpaired) electrons. The van der Waals surface area contributed by atoms with E-state index in [1.165, 1.54) is 0 Å². The Bertz CT molecular complexity index is 373. The molecule has 1 heterocycles. The number of aromatic nitrogens is 2. The number of hydrogen-bond donors (Lipinski definition) is 1. The van der Waals surface area contributed by atoms with Gasteiger partial charge in [0.25, 0.3) is 0 Å². The van der Waals surface area contributed by atoms with Crippen molar-refractivity contribution < 1.29 is 14.3 Å². The SMILES string of the molecule is CCOC(=O)CC(=O)NCc1nccn1C. The molecule has 6 heteroatoms. The fraction of sp³-hybridized carbons (Fsp3) is 0.500. The average Bonchev–Trinajstić information content (AvgIpc) is 2.61. The minimum Gasteiger partial charge on any atom is -0.466 e. The summed E-state index contributed by atoms with van der Waals surface area (Å²) >= 11 is 0. The molecule has 1 N–H and O–H groups in total. The Morgan fingerprint density at radius 1 is 1.56 bits per heavy atom. The van der Waals surface area contributed by atoms with Crippen molar-refractivity contribution in [2.45, 2.75) is 19.9 Å². The second kappa shape index (κ2) is 5.89. The van der Waals surface area contributed by atoms with Gasteiger partial charge >= 0.3 is 5.97 Å². The number of imidazole rings is 1. The van der Waals surface area contributed by atoms with Gasteiger partial charge < -0.3 is 14.6 Å². The lowest BCUT2D eigenvalue weighted by Crippen LogP contribution is -2.27. The van der Waals surface area contributed by atoms with Crippen LogP contribution in [0.25, 0.3) is 0 Å². The molecule has 1 aromatic rings. The molecule has 6 nitrogen and oxygen atoms in total. The molecule has 0 unspecified atom stereocenters. The van der Waals surface area contributed by atoms with Crippen LogP contribution in [-0.4, -0.2) is 28.0 Å². The summed E-state index contributed by atoms with van der Waals surface area (Å²) in [6.07, 6.45) is 3.18. The lowest BCUT2D eigenvalue weighted by Gasteiger charge is -2.05. The van der Waals surface area contributed by atoms with E-state index in [1.54, 1.807) is 23.9 Å². The monoisotopic (exact) mass is 225 g/mol. The van der Waals surface area contributed by atoms with Crippen LogP contribution in [0.1, 0.15) is 19.2 Å². The van der Waals surface area contributed by atoms with Crippen molar-refractivity contribution in [3.63, 3.8) is 0 Å². The lowest BCUT2D eigenvalue weighted by molar-refractivity contribution is -0.146. The second-order valence-corrected chi connectivity index (χ2v) is 3.21. The number of ether oxygens (including phenoxy) is 1. The van der Waals surface area contributed by atoms with Crippen molar-refractivity contribution in [3.8, 4) is 0 Å². The summed E-state index contributed by atoms with van der Waals surface area (Å²) in [5.74, 6) is -0.140. The molecule has 0 bridgehead atoms. The van der Waals surface area contributed by atoms with Gasteiger partial charge in [-0.15, -0.1) is 0 Å². The first-order chi connectivity index (χ1) is 7.63. The highest BCUT2D eigenvalue weighted by Gasteiger charge is 2.10. The molecule has 0 saturated carbocycles. The zero-order valence-corrected chi connectivity index (χ0v) is 9.40. The van der Waals surface area contributed by atoms with Crippen LogP contribution in [0.2, 0.25) is 0 Å². The Labute approximate surface area is 93.6 Å². The average molecular weight is 225 g/mol. The summed E-state index contributed by atoms with van der Waals surface area (Å²) in [7, 11) is 1.83. The second-order valence-electron chi connectivity index (χ2n) is 3.21. The summed E-state index contributed by atoms with van der Waals surface area (Å²) in [5.41, 5.74) is 0. The maximum Gasteiger partial charge on any atom is 0.315 e. The van der Waals surface area contributed by atoms with Crippen LogP contribution in [0.3, 0.4) is 0 Å². The predicted octanol–water partition coefficient (Wildman–Crippen LogP) is -0.0105. The highest BCUT2D eigenvalue weighted by molar-refractivity contribution is 5.94. The number of amides is 1. The normalized spacial score (nSPS) is 9.88. The van der Waals surface area contributed by atoms with Crippen LogP contribution in [0.4, 0.5) is 0 Å². The molecule has 1 amide bonds. The standard InChI is InChI=1S/C10H15N3O3/c1-3-16-10(15)6-9(14)12-7-8-11-4-5-13(8)2/h4-5H,3,6-7H2,1-2H3,(H,12,14). The summed E-state index contributed by atoms with van der Waals surface area (Å²) in [5, 5.41) is 2.59. The van der Waals surface area contributed by atoms with E-state index in [0.717, 1.165) is 5.82 Å². The van der Waals surface area contributed by atoms with Crippen molar-refractivity contribution in [1.29, 1.82) is 0 Å². The number of esters is 1. The smallest absolute Gasteiger partial charge is 0.315 e. The summed E-state index contributed by atoms with van der Waals surface area (Å²) in [4.78, 5) is 26.3. The minimum absolute atomic E-state index is 0.252. The molecule has 0 saturated heterocycles. The first-order valence-electron chi connectivity index (χ1n) is 5.02. The molecule has 0 fully saturated rings. The molecule has 0 aromatic carbocycles. The Morgan fingerprint density at radius 3 is 2.88 bits per heavy atom. The molecule has 0 spiro atoms. The van der Waals surface area contributed by atoms with Gasteiger partial charge in [-0.2, -0.15) is 0 Å².